The molecule has 0 bridgehead atoms. The van der Waals surface area contributed by atoms with E-state index >= 15 is 0 Å². The molecule has 1 spiro atoms. The zero-order chi connectivity index (χ0) is 28.9. The molecule has 7 fully saturated rings. The molecule has 0 aromatic heterocycles. The minimum Gasteiger partial charge on any atom is -0.394 e. The van der Waals surface area contributed by atoms with Crippen molar-refractivity contribution in [3.63, 3.8) is 0 Å². The Bertz CT molecular complexity index is 967. The van der Waals surface area contributed by atoms with Gasteiger partial charge < -0.3 is 39.4 Å². The van der Waals surface area contributed by atoms with Gasteiger partial charge in [0.2, 0.25) is 0 Å². The van der Waals surface area contributed by atoms with Crippen LogP contribution in [0.15, 0.2) is 0 Å². The molecule has 0 amide bonds. The third-order valence-corrected chi connectivity index (χ3v) is 14.1. The van der Waals surface area contributed by atoms with Crippen molar-refractivity contribution >= 4 is 0 Å². The number of rotatable bonds is 3. The number of aliphatic hydroxyl groups is 4. The van der Waals surface area contributed by atoms with Crippen molar-refractivity contribution in [3.05, 3.63) is 0 Å². The monoisotopic (exact) mass is 578 g/mol. The first-order valence-corrected chi connectivity index (χ1v) is 16.8. The summed E-state index contributed by atoms with van der Waals surface area (Å²) in [7, 11) is 0. The van der Waals surface area contributed by atoms with E-state index in [2.05, 4.69) is 27.7 Å². The van der Waals surface area contributed by atoms with Gasteiger partial charge in [-0.1, -0.05) is 27.7 Å². The van der Waals surface area contributed by atoms with E-state index in [1.165, 1.54) is 38.5 Å². The van der Waals surface area contributed by atoms with Crippen molar-refractivity contribution in [2.45, 2.75) is 141 Å². The quantitative estimate of drug-likeness (QED) is 0.375. The number of hydrogen-bond donors (Lipinski definition) is 4. The molecule has 41 heavy (non-hydrogen) atoms. The van der Waals surface area contributed by atoms with Gasteiger partial charge in [-0.15, -0.1) is 0 Å². The van der Waals surface area contributed by atoms with Crippen LogP contribution in [0.3, 0.4) is 0 Å². The van der Waals surface area contributed by atoms with Gasteiger partial charge in [0.25, 0.3) is 0 Å². The van der Waals surface area contributed by atoms with Crippen LogP contribution in [0.1, 0.15) is 91.9 Å². The predicted octanol–water partition coefficient (Wildman–Crippen LogP) is 3.62. The first-order valence-electron chi connectivity index (χ1n) is 16.8. The van der Waals surface area contributed by atoms with Gasteiger partial charge >= 0.3 is 0 Å². The van der Waals surface area contributed by atoms with Crippen LogP contribution in [0.2, 0.25) is 0 Å². The maximum atomic E-state index is 10.5. The summed E-state index contributed by atoms with van der Waals surface area (Å²) in [6.45, 7) is 10.3. The van der Waals surface area contributed by atoms with Gasteiger partial charge in [-0.2, -0.15) is 0 Å². The second kappa shape index (κ2) is 10.4. The van der Waals surface area contributed by atoms with Crippen LogP contribution in [0.25, 0.3) is 0 Å². The second-order valence-corrected chi connectivity index (χ2v) is 15.9. The van der Waals surface area contributed by atoms with Crippen LogP contribution in [0.5, 0.6) is 0 Å². The zero-order valence-electron chi connectivity index (χ0n) is 25.5. The van der Waals surface area contributed by atoms with Crippen LogP contribution in [-0.4, -0.2) is 82.3 Å². The third kappa shape index (κ3) is 4.36. The molecule has 3 aliphatic heterocycles. The molecule has 4 saturated carbocycles. The molecule has 4 N–H and O–H groups in total. The van der Waals surface area contributed by atoms with E-state index < -0.39 is 37.3 Å². The van der Waals surface area contributed by atoms with Gasteiger partial charge in [0, 0.05) is 12.3 Å². The molecule has 7 rings (SSSR count). The molecule has 8 nitrogen and oxygen atoms in total. The average Bonchev–Trinajstić information content (AvgIpc) is 3.40. The lowest BCUT2D eigenvalue weighted by Gasteiger charge is -2.61. The molecule has 4 aliphatic carbocycles. The molecular formula is C33H54O8. The molecule has 8 heteroatoms. The summed E-state index contributed by atoms with van der Waals surface area (Å²) in [5.41, 5.74) is 0.612. The fourth-order valence-electron chi connectivity index (χ4n) is 11.7. The maximum Gasteiger partial charge on any atom is 0.186 e. The van der Waals surface area contributed by atoms with Crippen LogP contribution in [-0.2, 0) is 18.9 Å². The molecular weight excluding hydrogens is 524 g/mol. The standard InChI is InChI=1S/C33H54O8/c1-17-7-12-33(38-16-17)18(2)26-24(41-33)14-23-21-6-5-19-13-20(8-10-31(19,3)22(21)9-11-32(23,26)4)39-30-29(37)28(36)27(35)25(15-34)40-30/h17-30,34-37H,5-16H2,1-4H3/t17-,18-,19+,20-,21?,22?,23-,24-,25?,26?,27-,28-,29?,30+,31-,32-,33+/m0/s1. The van der Waals surface area contributed by atoms with Gasteiger partial charge in [0.1, 0.15) is 24.4 Å². The summed E-state index contributed by atoms with van der Waals surface area (Å²) < 4.78 is 25.4. The van der Waals surface area contributed by atoms with E-state index in [1.54, 1.807) is 0 Å². The fourth-order valence-corrected chi connectivity index (χ4v) is 11.7. The fraction of sp³-hybridized carbons (Fsp3) is 1.00. The largest absolute Gasteiger partial charge is 0.394 e. The van der Waals surface area contributed by atoms with E-state index in [1.807, 2.05) is 0 Å². The molecule has 0 aromatic rings. The molecule has 234 valence electrons. The number of hydrogen-bond acceptors (Lipinski definition) is 8. The minimum absolute atomic E-state index is 0.0607. The Labute approximate surface area is 245 Å². The molecule has 0 aromatic carbocycles. The van der Waals surface area contributed by atoms with Crippen molar-refractivity contribution in [1.29, 1.82) is 0 Å². The van der Waals surface area contributed by atoms with Crippen LogP contribution < -0.4 is 0 Å². The van der Waals surface area contributed by atoms with Crippen molar-refractivity contribution in [1.82, 2.24) is 0 Å². The van der Waals surface area contributed by atoms with Crippen molar-refractivity contribution in [2.75, 3.05) is 13.2 Å². The average molecular weight is 579 g/mol. The lowest BCUT2D eigenvalue weighted by molar-refractivity contribution is -0.316. The van der Waals surface area contributed by atoms with Crippen molar-refractivity contribution < 1.29 is 39.4 Å². The Morgan fingerprint density at radius 3 is 2.34 bits per heavy atom. The molecule has 3 heterocycles. The Balaban J connectivity index is 1.03. The number of fused-ring (bicyclic) bond motifs is 7. The Hall–Kier alpha value is -0.320. The SMILES string of the molecule is C[C@H]1CC[C@@]2(OC1)O[C@H]1C[C@H]3C4CC[C@@H]5C[C@@H](O[C@@H]6OC(CO)[C@H](O)[C@H](O)C6O)CC[C@]5(C)C4CC[C@]3(C)C1[C@@H]2C. The van der Waals surface area contributed by atoms with E-state index in [-0.39, 0.29) is 17.3 Å². The summed E-state index contributed by atoms with van der Waals surface area (Å²) in [4.78, 5) is 0. The smallest absolute Gasteiger partial charge is 0.186 e. The molecule has 7 aliphatic rings. The summed E-state index contributed by atoms with van der Waals surface area (Å²) in [6.07, 6.45) is 5.64. The topological polar surface area (TPSA) is 118 Å². The summed E-state index contributed by atoms with van der Waals surface area (Å²) in [5.74, 6) is 4.08. The van der Waals surface area contributed by atoms with Gasteiger partial charge in [-0.25, -0.2) is 0 Å². The van der Waals surface area contributed by atoms with E-state index in [4.69, 9.17) is 18.9 Å². The summed E-state index contributed by atoms with van der Waals surface area (Å²) in [6, 6.07) is 0. The van der Waals surface area contributed by atoms with Gasteiger partial charge in [-0.05, 0) is 104 Å². The highest BCUT2D eigenvalue weighted by atomic mass is 16.7. The summed E-state index contributed by atoms with van der Waals surface area (Å²) in [5, 5.41) is 40.4. The molecule has 5 unspecified atom stereocenters. The van der Waals surface area contributed by atoms with Crippen molar-refractivity contribution in [2.24, 2.45) is 52.3 Å². The Kier molecular flexibility index (Phi) is 7.43. The first-order chi connectivity index (χ1) is 19.5. The van der Waals surface area contributed by atoms with Crippen molar-refractivity contribution in [3.8, 4) is 0 Å². The lowest BCUT2D eigenvalue weighted by Crippen LogP contribution is -2.60. The van der Waals surface area contributed by atoms with E-state index in [0.717, 1.165) is 50.0 Å². The highest BCUT2D eigenvalue weighted by Gasteiger charge is 2.69. The summed E-state index contributed by atoms with van der Waals surface area (Å²) >= 11 is 0. The van der Waals surface area contributed by atoms with Gasteiger partial charge in [-0.3, -0.25) is 0 Å². The minimum atomic E-state index is -1.40. The highest BCUT2D eigenvalue weighted by Crippen LogP contribution is 2.71. The van der Waals surface area contributed by atoms with Crippen LogP contribution >= 0.6 is 0 Å². The highest BCUT2D eigenvalue weighted by molar-refractivity contribution is 5.15. The lowest BCUT2D eigenvalue weighted by atomic mass is 9.44. The second-order valence-electron chi connectivity index (χ2n) is 15.9. The zero-order valence-corrected chi connectivity index (χ0v) is 25.5. The van der Waals surface area contributed by atoms with Crippen LogP contribution in [0.4, 0.5) is 0 Å². The number of aliphatic hydroxyl groups excluding tert-OH is 4. The molecule has 0 radical (unpaired) electrons. The normalized spacial score (nSPS) is 60.3. The maximum absolute atomic E-state index is 10.5. The predicted molar refractivity (Wildman–Crippen MR) is 150 cm³/mol. The Morgan fingerprint density at radius 1 is 0.829 bits per heavy atom. The van der Waals surface area contributed by atoms with Crippen LogP contribution in [0, 0.1) is 52.3 Å². The molecule has 3 saturated heterocycles. The third-order valence-electron chi connectivity index (χ3n) is 14.1. The Morgan fingerprint density at radius 2 is 1.61 bits per heavy atom. The van der Waals surface area contributed by atoms with E-state index in [9.17, 15) is 20.4 Å². The van der Waals surface area contributed by atoms with E-state index in [0.29, 0.717) is 35.2 Å². The first kappa shape index (κ1) is 29.4. The number of ether oxygens (including phenoxy) is 4. The van der Waals surface area contributed by atoms with Gasteiger partial charge in [0.15, 0.2) is 12.1 Å². The van der Waals surface area contributed by atoms with Gasteiger partial charge in [0.05, 0.1) is 25.4 Å². The molecule has 17 atom stereocenters.